The average molecular weight is 443 g/mol. The number of thioether (sulfide) groups is 1. The van der Waals surface area contributed by atoms with Gasteiger partial charge in [0.2, 0.25) is 5.91 Å². The first-order valence-electron chi connectivity index (χ1n) is 7.50. The number of rotatable bonds is 6. The minimum absolute atomic E-state index is 0.0901. The molecule has 0 heterocycles. The number of halogens is 1. The van der Waals surface area contributed by atoms with E-state index < -0.39 is 10.0 Å². The van der Waals surface area contributed by atoms with Gasteiger partial charge < -0.3 is 5.32 Å². The average Bonchev–Trinajstić information content (AvgIpc) is 2.56. The molecule has 0 unspecified atom stereocenters. The predicted molar refractivity (Wildman–Crippen MR) is 107 cm³/mol. The van der Waals surface area contributed by atoms with Gasteiger partial charge >= 0.3 is 0 Å². The van der Waals surface area contributed by atoms with E-state index in [2.05, 4.69) is 26.0 Å². The van der Waals surface area contributed by atoms with E-state index in [4.69, 9.17) is 0 Å². The second-order valence-corrected chi connectivity index (χ2v) is 9.06. The summed E-state index contributed by atoms with van der Waals surface area (Å²) < 4.78 is 28.6. The van der Waals surface area contributed by atoms with Crippen LogP contribution in [-0.2, 0) is 14.8 Å². The Morgan fingerprint density at radius 1 is 1.12 bits per heavy atom. The van der Waals surface area contributed by atoms with E-state index in [0.717, 1.165) is 9.37 Å². The molecule has 0 aliphatic rings. The Morgan fingerprint density at radius 3 is 2.32 bits per heavy atom. The summed E-state index contributed by atoms with van der Waals surface area (Å²) >= 11 is 4.75. The molecule has 134 valence electrons. The fourth-order valence-corrected chi connectivity index (χ4v) is 3.84. The number of sulfonamides is 1. The molecule has 0 radical (unpaired) electrons. The monoisotopic (exact) mass is 442 g/mol. The first-order valence-corrected chi connectivity index (χ1v) is 11.0. The van der Waals surface area contributed by atoms with Crippen LogP contribution >= 0.6 is 27.7 Å². The number of hydrogen-bond acceptors (Lipinski definition) is 4. The van der Waals surface area contributed by atoms with Crippen LogP contribution in [0.4, 0.5) is 11.4 Å². The third-order valence-corrected chi connectivity index (χ3v) is 6.06. The van der Waals surface area contributed by atoms with Crippen LogP contribution < -0.4 is 10.0 Å². The molecule has 0 atom stereocenters. The van der Waals surface area contributed by atoms with Gasteiger partial charge in [-0.2, -0.15) is 0 Å². The van der Waals surface area contributed by atoms with Crippen molar-refractivity contribution in [2.24, 2.45) is 5.92 Å². The normalized spacial score (nSPS) is 11.4. The Kier molecular flexibility index (Phi) is 6.53. The summed E-state index contributed by atoms with van der Waals surface area (Å²) in [6, 6.07) is 11.5. The van der Waals surface area contributed by atoms with E-state index in [1.807, 2.05) is 6.26 Å². The van der Waals surface area contributed by atoms with Crippen molar-refractivity contribution in [3.63, 3.8) is 0 Å². The summed E-state index contributed by atoms with van der Waals surface area (Å²) in [4.78, 5) is 12.9. The van der Waals surface area contributed by atoms with Crippen LogP contribution in [0, 0.1) is 5.92 Å². The molecule has 0 bridgehead atoms. The zero-order chi connectivity index (χ0) is 18.6. The largest absolute Gasteiger partial charge is 0.325 e. The molecular formula is C17H19BrN2O3S2. The number of anilines is 2. The molecule has 0 saturated heterocycles. The number of nitrogens with one attached hydrogen (secondary N) is 2. The van der Waals surface area contributed by atoms with Gasteiger partial charge in [0.25, 0.3) is 10.0 Å². The molecule has 0 saturated carbocycles. The molecular weight excluding hydrogens is 424 g/mol. The van der Waals surface area contributed by atoms with Gasteiger partial charge in [0.15, 0.2) is 0 Å². The van der Waals surface area contributed by atoms with E-state index in [1.54, 1.807) is 44.2 Å². The van der Waals surface area contributed by atoms with Crippen LogP contribution in [0.1, 0.15) is 13.8 Å². The highest BCUT2D eigenvalue weighted by Gasteiger charge is 2.18. The second-order valence-electron chi connectivity index (χ2n) is 5.62. The SMILES string of the molecule is CSc1ccc(S(=O)(=O)Nc2ccc(Br)cc2)cc1NC(=O)C(C)C. The Bertz CT molecular complexity index is 866. The van der Waals surface area contributed by atoms with Gasteiger partial charge in [-0.1, -0.05) is 29.8 Å². The molecule has 0 fully saturated rings. The lowest BCUT2D eigenvalue weighted by Crippen LogP contribution is -2.19. The van der Waals surface area contributed by atoms with Crippen LogP contribution in [0.2, 0.25) is 0 Å². The zero-order valence-electron chi connectivity index (χ0n) is 14.0. The first kappa shape index (κ1) is 19.8. The molecule has 0 aromatic heterocycles. The maximum Gasteiger partial charge on any atom is 0.261 e. The van der Waals surface area contributed by atoms with Crippen molar-refractivity contribution in [3.05, 3.63) is 46.9 Å². The standard InChI is InChI=1S/C17H19BrN2O3S2/c1-11(2)17(21)19-15-10-14(8-9-16(15)24-3)25(22,23)20-13-6-4-12(18)5-7-13/h4-11,20H,1-3H3,(H,19,21). The quantitative estimate of drug-likeness (QED) is 0.642. The summed E-state index contributed by atoms with van der Waals surface area (Å²) in [5.41, 5.74) is 0.954. The van der Waals surface area contributed by atoms with Crippen molar-refractivity contribution in [3.8, 4) is 0 Å². The molecule has 5 nitrogen and oxygen atoms in total. The molecule has 0 aliphatic heterocycles. The van der Waals surface area contributed by atoms with Gasteiger partial charge in [-0.3, -0.25) is 9.52 Å². The third-order valence-electron chi connectivity index (χ3n) is 3.36. The predicted octanol–water partition coefficient (Wildman–Crippen LogP) is 4.57. The number of amides is 1. The highest BCUT2D eigenvalue weighted by Crippen LogP contribution is 2.29. The van der Waals surface area contributed by atoms with Gasteiger partial charge in [-0.25, -0.2) is 8.42 Å². The smallest absolute Gasteiger partial charge is 0.261 e. The van der Waals surface area contributed by atoms with Gasteiger partial charge in [0.05, 0.1) is 10.6 Å². The van der Waals surface area contributed by atoms with E-state index in [1.165, 1.54) is 23.9 Å². The summed E-state index contributed by atoms with van der Waals surface area (Å²) in [6.07, 6.45) is 1.87. The van der Waals surface area contributed by atoms with Crippen LogP contribution in [0.5, 0.6) is 0 Å². The molecule has 2 N–H and O–H groups in total. The Balaban J connectivity index is 2.34. The number of hydrogen-bond donors (Lipinski definition) is 2. The van der Waals surface area contributed by atoms with Crippen molar-refractivity contribution < 1.29 is 13.2 Å². The summed E-state index contributed by atoms with van der Waals surface area (Å²) in [6.45, 7) is 3.56. The van der Waals surface area contributed by atoms with Crippen LogP contribution in [0.15, 0.2) is 56.7 Å². The minimum Gasteiger partial charge on any atom is -0.325 e. The Morgan fingerprint density at radius 2 is 1.76 bits per heavy atom. The molecule has 0 aliphatic carbocycles. The maximum atomic E-state index is 12.6. The summed E-state index contributed by atoms with van der Waals surface area (Å²) in [5.74, 6) is -0.360. The van der Waals surface area contributed by atoms with Crippen molar-refractivity contribution in [2.75, 3.05) is 16.3 Å². The zero-order valence-corrected chi connectivity index (χ0v) is 17.3. The Hall–Kier alpha value is -1.51. The molecule has 2 rings (SSSR count). The van der Waals surface area contributed by atoms with E-state index in [9.17, 15) is 13.2 Å². The molecule has 2 aromatic rings. The third kappa shape index (κ3) is 5.23. The van der Waals surface area contributed by atoms with Crippen LogP contribution in [0.3, 0.4) is 0 Å². The van der Waals surface area contributed by atoms with Crippen LogP contribution in [-0.4, -0.2) is 20.6 Å². The topological polar surface area (TPSA) is 75.3 Å². The molecule has 1 amide bonds. The van der Waals surface area contributed by atoms with Gasteiger partial charge in [0.1, 0.15) is 0 Å². The number of carbonyl (C=O) groups is 1. The van der Waals surface area contributed by atoms with Crippen molar-refractivity contribution in [1.29, 1.82) is 0 Å². The number of carbonyl (C=O) groups excluding carboxylic acids is 1. The highest BCUT2D eigenvalue weighted by molar-refractivity contribution is 9.10. The maximum absolute atomic E-state index is 12.6. The summed E-state index contributed by atoms with van der Waals surface area (Å²) in [5, 5.41) is 2.79. The van der Waals surface area contributed by atoms with Gasteiger partial charge in [-0.05, 0) is 48.7 Å². The van der Waals surface area contributed by atoms with Crippen molar-refractivity contribution in [2.45, 2.75) is 23.6 Å². The lowest BCUT2D eigenvalue weighted by Gasteiger charge is -2.14. The molecule has 25 heavy (non-hydrogen) atoms. The van der Waals surface area contributed by atoms with Gasteiger partial charge in [-0.15, -0.1) is 11.8 Å². The van der Waals surface area contributed by atoms with Gasteiger partial charge in [0, 0.05) is 21.0 Å². The fraction of sp³-hybridized carbons (Fsp3) is 0.235. The second kappa shape index (κ2) is 8.25. The van der Waals surface area contributed by atoms with Crippen molar-refractivity contribution in [1.82, 2.24) is 0 Å². The Labute approximate surface area is 160 Å². The molecule has 8 heteroatoms. The number of benzene rings is 2. The minimum atomic E-state index is -3.76. The molecule has 0 spiro atoms. The van der Waals surface area contributed by atoms with Crippen molar-refractivity contribution >= 4 is 55.0 Å². The lowest BCUT2D eigenvalue weighted by atomic mass is 10.2. The fourth-order valence-electron chi connectivity index (χ4n) is 1.96. The van der Waals surface area contributed by atoms with E-state index >= 15 is 0 Å². The summed E-state index contributed by atoms with van der Waals surface area (Å²) in [7, 11) is -3.76. The lowest BCUT2D eigenvalue weighted by molar-refractivity contribution is -0.118. The molecule has 2 aromatic carbocycles. The van der Waals surface area contributed by atoms with E-state index in [-0.39, 0.29) is 16.7 Å². The first-order chi connectivity index (χ1) is 11.7. The van der Waals surface area contributed by atoms with E-state index in [0.29, 0.717) is 11.4 Å². The highest BCUT2D eigenvalue weighted by atomic mass is 79.9. The van der Waals surface area contributed by atoms with Crippen LogP contribution in [0.25, 0.3) is 0 Å².